The molecule has 66 valence electrons. The Bertz CT molecular complexity index is 202. The first kappa shape index (κ1) is 10.7. The van der Waals surface area contributed by atoms with Crippen LogP contribution < -0.4 is 0 Å². The summed E-state index contributed by atoms with van der Waals surface area (Å²) in [6.45, 7) is 7.28. The van der Waals surface area contributed by atoms with Crippen molar-refractivity contribution in [2.75, 3.05) is 7.11 Å². The molecule has 0 aromatic carbocycles. The summed E-state index contributed by atoms with van der Waals surface area (Å²) in [5.41, 5.74) is 0.903. The van der Waals surface area contributed by atoms with Crippen molar-refractivity contribution >= 4 is 5.97 Å². The second-order valence-corrected chi connectivity index (χ2v) is 2.33. The predicted octanol–water partition coefficient (Wildman–Crippen LogP) is 2.24. The fraction of sp³-hybridized carbons (Fsp3) is 0.300. The molecule has 0 aliphatic carbocycles. The molecule has 2 heteroatoms. The van der Waals surface area contributed by atoms with Gasteiger partial charge in [0, 0.05) is 6.42 Å². The molecule has 0 unspecified atom stereocenters. The van der Waals surface area contributed by atoms with E-state index in [0.717, 1.165) is 5.57 Å². The second kappa shape index (κ2) is 6.40. The van der Waals surface area contributed by atoms with Gasteiger partial charge in [-0.25, -0.2) is 0 Å². The second-order valence-electron chi connectivity index (χ2n) is 2.33. The van der Waals surface area contributed by atoms with Gasteiger partial charge in [0.05, 0.1) is 7.11 Å². The van der Waals surface area contributed by atoms with E-state index in [1.165, 1.54) is 7.11 Å². The minimum Gasteiger partial charge on any atom is -0.469 e. The first-order chi connectivity index (χ1) is 5.70. The fourth-order valence-electron chi connectivity index (χ4n) is 0.652. The number of esters is 1. The molecular weight excluding hydrogens is 152 g/mol. The van der Waals surface area contributed by atoms with Crippen LogP contribution in [0.3, 0.4) is 0 Å². The van der Waals surface area contributed by atoms with Gasteiger partial charge < -0.3 is 4.74 Å². The van der Waals surface area contributed by atoms with Gasteiger partial charge in [-0.15, -0.1) is 0 Å². The molecule has 0 saturated heterocycles. The van der Waals surface area contributed by atoms with Crippen LogP contribution >= 0.6 is 0 Å². The van der Waals surface area contributed by atoms with E-state index in [2.05, 4.69) is 17.9 Å². The van der Waals surface area contributed by atoms with E-state index in [1.54, 1.807) is 12.2 Å². The molecule has 2 nitrogen and oxygen atoms in total. The summed E-state index contributed by atoms with van der Waals surface area (Å²) in [7, 11) is 1.38. The van der Waals surface area contributed by atoms with E-state index in [-0.39, 0.29) is 5.97 Å². The maximum absolute atomic E-state index is 10.7. The number of allylic oxidation sites excluding steroid dienone is 4. The maximum Gasteiger partial charge on any atom is 0.305 e. The molecule has 0 rings (SSSR count). The quantitative estimate of drug-likeness (QED) is 0.462. The van der Waals surface area contributed by atoms with Crippen LogP contribution in [-0.2, 0) is 9.53 Å². The molecule has 0 N–H and O–H groups in total. The van der Waals surface area contributed by atoms with Crippen molar-refractivity contribution in [3.8, 4) is 0 Å². The molecule has 0 aromatic heterocycles. The van der Waals surface area contributed by atoms with Crippen molar-refractivity contribution in [1.82, 2.24) is 0 Å². The van der Waals surface area contributed by atoms with Crippen molar-refractivity contribution in [2.45, 2.75) is 12.8 Å². The van der Waals surface area contributed by atoms with E-state index < -0.39 is 0 Å². The molecule has 0 aromatic rings. The highest BCUT2D eigenvalue weighted by Gasteiger charge is 1.98. The van der Waals surface area contributed by atoms with Crippen LogP contribution in [-0.4, -0.2) is 13.1 Å². The van der Waals surface area contributed by atoms with Gasteiger partial charge in [0.25, 0.3) is 0 Å². The van der Waals surface area contributed by atoms with Crippen LogP contribution in [0, 0.1) is 0 Å². The third-order valence-corrected chi connectivity index (χ3v) is 1.35. The van der Waals surface area contributed by atoms with Gasteiger partial charge in [-0.2, -0.15) is 0 Å². The van der Waals surface area contributed by atoms with Crippen LogP contribution in [0.4, 0.5) is 0 Å². The van der Waals surface area contributed by atoms with E-state index in [1.807, 2.05) is 6.08 Å². The Labute approximate surface area is 73.2 Å². The standard InChI is InChI=1S/C10H14O2/c1-4-5-6-9(2)7-8-10(11)12-3/h4-6H,1-2,7-8H2,3H3/b6-5-. The van der Waals surface area contributed by atoms with Crippen LogP contribution in [0.1, 0.15) is 12.8 Å². The van der Waals surface area contributed by atoms with Crippen molar-refractivity contribution < 1.29 is 9.53 Å². The van der Waals surface area contributed by atoms with Crippen LogP contribution in [0.5, 0.6) is 0 Å². The van der Waals surface area contributed by atoms with Crippen LogP contribution in [0.15, 0.2) is 37.0 Å². The van der Waals surface area contributed by atoms with Gasteiger partial charge in [0.15, 0.2) is 0 Å². The molecule has 0 atom stereocenters. The Kier molecular flexibility index (Phi) is 5.70. The molecule has 0 aliphatic rings. The van der Waals surface area contributed by atoms with Gasteiger partial charge in [-0.1, -0.05) is 37.0 Å². The van der Waals surface area contributed by atoms with E-state index in [0.29, 0.717) is 12.8 Å². The van der Waals surface area contributed by atoms with Gasteiger partial charge >= 0.3 is 5.97 Å². The zero-order chi connectivity index (χ0) is 9.40. The number of hydrogen-bond acceptors (Lipinski definition) is 2. The highest BCUT2D eigenvalue weighted by Crippen LogP contribution is 2.04. The van der Waals surface area contributed by atoms with Crippen molar-refractivity contribution in [3.05, 3.63) is 37.0 Å². The van der Waals surface area contributed by atoms with E-state index in [9.17, 15) is 4.79 Å². The van der Waals surface area contributed by atoms with Crippen LogP contribution in [0.2, 0.25) is 0 Å². The van der Waals surface area contributed by atoms with Gasteiger partial charge in [-0.05, 0) is 6.42 Å². The fourth-order valence-corrected chi connectivity index (χ4v) is 0.652. The molecule has 0 aliphatic heterocycles. The molecule has 0 spiro atoms. The Morgan fingerprint density at radius 2 is 2.17 bits per heavy atom. The number of ether oxygens (including phenoxy) is 1. The summed E-state index contributed by atoms with van der Waals surface area (Å²) < 4.78 is 4.48. The zero-order valence-corrected chi connectivity index (χ0v) is 7.38. The molecule has 0 amide bonds. The summed E-state index contributed by atoms with van der Waals surface area (Å²) in [5.74, 6) is -0.205. The third kappa shape index (κ3) is 5.47. The molecule has 0 saturated carbocycles. The molecule has 0 bridgehead atoms. The minimum atomic E-state index is -0.205. The van der Waals surface area contributed by atoms with Crippen molar-refractivity contribution in [3.63, 3.8) is 0 Å². The van der Waals surface area contributed by atoms with Gasteiger partial charge in [-0.3, -0.25) is 4.79 Å². The van der Waals surface area contributed by atoms with Crippen LogP contribution in [0.25, 0.3) is 0 Å². The molecule has 0 radical (unpaired) electrons. The third-order valence-electron chi connectivity index (χ3n) is 1.35. The first-order valence-electron chi connectivity index (χ1n) is 3.74. The Hall–Kier alpha value is -1.31. The summed E-state index contributed by atoms with van der Waals surface area (Å²) in [4.78, 5) is 10.7. The SMILES string of the molecule is C=C/C=C\C(=C)CCC(=O)OC. The van der Waals surface area contributed by atoms with E-state index >= 15 is 0 Å². The smallest absolute Gasteiger partial charge is 0.305 e. The predicted molar refractivity (Wildman–Crippen MR) is 49.7 cm³/mol. The van der Waals surface area contributed by atoms with Crippen molar-refractivity contribution in [1.29, 1.82) is 0 Å². The summed E-state index contributed by atoms with van der Waals surface area (Å²) in [6.07, 6.45) is 6.31. The lowest BCUT2D eigenvalue weighted by molar-refractivity contribution is -0.140. The lowest BCUT2D eigenvalue weighted by Crippen LogP contribution is -1.99. The topological polar surface area (TPSA) is 26.3 Å². The summed E-state index contributed by atoms with van der Waals surface area (Å²) in [6, 6.07) is 0. The molecule has 0 fully saturated rings. The summed E-state index contributed by atoms with van der Waals surface area (Å²) in [5, 5.41) is 0. The Morgan fingerprint density at radius 1 is 1.50 bits per heavy atom. The number of hydrogen-bond donors (Lipinski definition) is 0. The number of carbonyl (C=O) groups is 1. The minimum absolute atomic E-state index is 0.205. The Balaban J connectivity index is 3.64. The average Bonchev–Trinajstić information content (AvgIpc) is 2.10. The lowest BCUT2D eigenvalue weighted by atomic mass is 10.1. The molecule has 12 heavy (non-hydrogen) atoms. The monoisotopic (exact) mass is 166 g/mol. The normalized spacial score (nSPS) is 9.75. The summed E-state index contributed by atoms with van der Waals surface area (Å²) >= 11 is 0. The number of methoxy groups -OCH3 is 1. The maximum atomic E-state index is 10.7. The zero-order valence-electron chi connectivity index (χ0n) is 7.38. The average molecular weight is 166 g/mol. The number of carbonyl (C=O) groups excluding carboxylic acids is 1. The molecule has 0 heterocycles. The van der Waals surface area contributed by atoms with Gasteiger partial charge in [0.1, 0.15) is 0 Å². The first-order valence-corrected chi connectivity index (χ1v) is 3.74. The number of rotatable bonds is 5. The lowest BCUT2D eigenvalue weighted by Gasteiger charge is -1.98. The highest BCUT2D eigenvalue weighted by molar-refractivity contribution is 5.69. The Morgan fingerprint density at radius 3 is 2.67 bits per heavy atom. The van der Waals surface area contributed by atoms with Crippen molar-refractivity contribution in [2.24, 2.45) is 0 Å². The largest absolute Gasteiger partial charge is 0.469 e. The molecular formula is C10H14O2. The van der Waals surface area contributed by atoms with Gasteiger partial charge in [0.2, 0.25) is 0 Å². The highest BCUT2D eigenvalue weighted by atomic mass is 16.5. The van der Waals surface area contributed by atoms with E-state index in [4.69, 9.17) is 0 Å².